The third kappa shape index (κ3) is 4.95. The molecular formula is C23H26N4OS. The molecule has 1 aromatic heterocycles. The van der Waals surface area contributed by atoms with Crippen molar-refractivity contribution >= 4 is 23.4 Å². The SMILES string of the molecule is C=CCn1c(SCC(=O)Nc2c(CC)cccc2CC)nnc1-c1ccccc1. The van der Waals surface area contributed by atoms with Crippen LogP contribution in [0, 0.1) is 0 Å². The lowest BCUT2D eigenvalue weighted by molar-refractivity contribution is -0.113. The van der Waals surface area contributed by atoms with E-state index in [0.29, 0.717) is 11.7 Å². The first-order chi connectivity index (χ1) is 14.2. The Morgan fingerprint density at radius 1 is 1.07 bits per heavy atom. The second kappa shape index (κ2) is 10.1. The van der Waals surface area contributed by atoms with Crippen molar-refractivity contribution in [3.63, 3.8) is 0 Å². The summed E-state index contributed by atoms with van der Waals surface area (Å²) in [5.41, 5.74) is 4.25. The van der Waals surface area contributed by atoms with Gasteiger partial charge in [-0.1, -0.05) is 80.2 Å². The van der Waals surface area contributed by atoms with Crippen molar-refractivity contribution in [1.82, 2.24) is 14.8 Å². The van der Waals surface area contributed by atoms with Gasteiger partial charge in [-0.05, 0) is 24.0 Å². The predicted octanol–water partition coefficient (Wildman–Crippen LogP) is 4.99. The molecule has 0 bridgehead atoms. The molecule has 1 heterocycles. The molecular weight excluding hydrogens is 380 g/mol. The fraction of sp³-hybridized carbons (Fsp3) is 0.261. The van der Waals surface area contributed by atoms with Crippen LogP contribution in [0.5, 0.6) is 0 Å². The maximum absolute atomic E-state index is 12.7. The van der Waals surface area contributed by atoms with E-state index in [2.05, 4.69) is 48.1 Å². The van der Waals surface area contributed by atoms with Gasteiger partial charge in [-0.15, -0.1) is 16.8 Å². The maximum Gasteiger partial charge on any atom is 0.234 e. The van der Waals surface area contributed by atoms with E-state index < -0.39 is 0 Å². The van der Waals surface area contributed by atoms with E-state index >= 15 is 0 Å². The third-order valence-corrected chi connectivity index (χ3v) is 5.62. The van der Waals surface area contributed by atoms with Crippen molar-refractivity contribution in [2.24, 2.45) is 0 Å². The molecule has 0 fully saturated rings. The Balaban J connectivity index is 1.74. The predicted molar refractivity (Wildman–Crippen MR) is 120 cm³/mol. The summed E-state index contributed by atoms with van der Waals surface area (Å²) in [6.45, 7) is 8.62. The average molecular weight is 407 g/mol. The number of rotatable bonds is 9. The van der Waals surface area contributed by atoms with Gasteiger partial charge >= 0.3 is 0 Å². The number of aryl methyl sites for hydroxylation is 2. The van der Waals surface area contributed by atoms with E-state index in [0.717, 1.165) is 41.0 Å². The summed E-state index contributed by atoms with van der Waals surface area (Å²) in [5, 5.41) is 12.5. The average Bonchev–Trinajstić information content (AvgIpc) is 3.16. The van der Waals surface area contributed by atoms with Crippen LogP contribution in [0.4, 0.5) is 5.69 Å². The van der Waals surface area contributed by atoms with E-state index in [1.807, 2.05) is 47.0 Å². The van der Waals surface area contributed by atoms with E-state index in [-0.39, 0.29) is 11.7 Å². The molecule has 1 amide bonds. The molecule has 0 aliphatic carbocycles. The molecule has 0 atom stereocenters. The molecule has 0 aliphatic rings. The minimum absolute atomic E-state index is 0.0417. The Hall–Kier alpha value is -2.86. The largest absolute Gasteiger partial charge is 0.325 e. The standard InChI is InChI=1S/C23H26N4OS/c1-4-15-27-22(19-11-8-7-9-12-19)25-26-23(27)29-16-20(28)24-21-17(5-2)13-10-14-18(21)6-3/h4,7-14H,1,5-6,15-16H2,2-3H3,(H,24,28). The number of hydrogen-bond donors (Lipinski definition) is 1. The summed E-state index contributed by atoms with van der Waals surface area (Å²) in [5.74, 6) is 1.00. The van der Waals surface area contributed by atoms with Gasteiger partial charge in [-0.2, -0.15) is 0 Å². The number of allylic oxidation sites excluding steroid dienone is 1. The molecule has 0 saturated heterocycles. The summed E-state index contributed by atoms with van der Waals surface area (Å²) in [4.78, 5) is 12.7. The molecule has 0 saturated carbocycles. The van der Waals surface area contributed by atoms with Crippen LogP contribution in [-0.2, 0) is 24.2 Å². The van der Waals surface area contributed by atoms with Gasteiger partial charge in [0.2, 0.25) is 5.91 Å². The van der Waals surface area contributed by atoms with Gasteiger partial charge in [0.1, 0.15) is 0 Å². The second-order valence-corrected chi connectivity index (χ2v) is 7.51. The number of nitrogens with zero attached hydrogens (tertiary/aromatic N) is 3. The number of para-hydroxylation sites is 1. The highest BCUT2D eigenvalue weighted by Gasteiger charge is 2.16. The molecule has 29 heavy (non-hydrogen) atoms. The van der Waals surface area contributed by atoms with E-state index in [1.54, 1.807) is 0 Å². The van der Waals surface area contributed by atoms with Gasteiger partial charge in [0.05, 0.1) is 5.75 Å². The quantitative estimate of drug-likeness (QED) is 0.402. The molecule has 3 rings (SSSR count). The molecule has 2 aromatic carbocycles. The van der Waals surface area contributed by atoms with E-state index in [9.17, 15) is 4.79 Å². The molecule has 3 aromatic rings. The zero-order chi connectivity index (χ0) is 20.6. The first kappa shape index (κ1) is 20.9. The Morgan fingerprint density at radius 3 is 2.38 bits per heavy atom. The van der Waals surface area contributed by atoms with Crippen molar-refractivity contribution in [2.75, 3.05) is 11.1 Å². The lowest BCUT2D eigenvalue weighted by atomic mass is 10.0. The number of carbonyl (C=O) groups excluding carboxylic acids is 1. The summed E-state index contributed by atoms with van der Waals surface area (Å²) in [6.07, 6.45) is 3.57. The topological polar surface area (TPSA) is 59.8 Å². The van der Waals surface area contributed by atoms with Gasteiger partial charge < -0.3 is 5.32 Å². The highest BCUT2D eigenvalue weighted by Crippen LogP contribution is 2.26. The van der Waals surface area contributed by atoms with E-state index in [4.69, 9.17) is 0 Å². The number of anilines is 1. The van der Waals surface area contributed by atoms with Crippen molar-refractivity contribution in [3.8, 4) is 11.4 Å². The van der Waals surface area contributed by atoms with Crippen LogP contribution in [0.3, 0.4) is 0 Å². The molecule has 0 spiro atoms. The van der Waals surface area contributed by atoms with Gasteiger partial charge in [0.25, 0.3) is 0 Å². The van der Waals surface area contributed by atoms with Gasteiger partial charge in [-0.25, -0.2) is 0 Å². The molecule has 1 N–H and O–H groups in total. The summed E-state index contributed by atoms with van der Waals surface area (Å²) in [6, 6.07) is 16.1. The number of hydrogen-bond acceptors (Lipinski definition) is 4. The lowest BCUT2D eigenvalue weighted by Gasteiger charge is -2.14. The highest BCUT2D eigenvalue weighted by atomic mass is 32.2. The fourth-order valence-corrected chi connectivity index (χ4v) is 3.95. The Morgan fingerprint density at radius 2 is 1.76 bits per heavy atom. The molecule has 0 radical (unpaired) electrons. The number of thioether (sulfide) groups is 1. The third-order valence-electron chi connectivity index (χ3n) is 4.66. The first-order valence-corrected chi connectivity index (χ1v) is 10.8. The number of benzene rings is 2. The number of carbonyl (C=O) groups is 1. The number of amides is 1. The van der Waals surface area contributed by atoms with Crippen molar-refractivity contribution in [3.05, 3.63) is 72.3 Å². The molecule has 0 unspecified atom stereocenters. The van der Waals surface area contributed by atoms with Crippen LogP contribution in [0.15, 0.2) is 66.3 Å². The van der Waals surface area contributed by atoms with Crippen molar-refractivity contribution in [1.29, 1.82) is 0 Å². The highest BCUT2D eigenvalue weighted by molar-refractivity contribution is 7.99. The van der Waals surface area contributed by atoms with E-state index in [1.165, 1.54) is 11.8 Å². The minimum Gasteiger partial charge on any atom is -0.325 e. The van der Waals surface area contributed by atoms with Crippen LogP contribution in [0.1, 0.15) is 25.0 Å². The molecule has 0 aliphatic heterocycles. The zero-order valence-corrected chi connectivity index (χ0v) is 17.7. The van der Waals surface area contributed by atoms with Crippen LogP contribution in [0.2, 0.25) is 0 Å². The Kier molecular flexibility index (Phi) is 7.25. The lowest BCUT2D eigenvalue weighted by Crippen LogP contribution is -2.17. The van der Waals surface area contributed by atoms with Gasteiger partial charge in [0, 0.05) is 17.8 Å². The van der Waals surface area contributed by atoms with Crippen molar-refractivity contribution < 1.29 is 4.79 Å². The Labute approximate surface area is 176 Å². The maximum atomic E-state index is 12.7. The Bertz CT molecular complexity index is 960. The van der Waals surface area contributed by atoms with Crippen LogP contribution in [-0.4, -0.2) is 26.4 Å². The van der Waals surface area contributed by atoms with Crippen LogP contribution in [0.25, 0.3) is 11.4 Å². The second-order valence-electron chi connectivity index (χ2n) is 6.57. The molecule has 5 nitrogen and oxygen atoms in total. The van der Waals surface area contributed by atoms with Gasteiger partial charge in [0.15, 0.2) is 11.0 Å². The molecule has 150 valence electrons. The summed E-state index contributed by atoms with van der Waals surface area (Å²) in [7, 11) is 0. The monoisotopic (exact) mass is 406 g/mol. The minimum atomic E-state index is -0.0417. The molecule has 6 heteroatoms. The van der Waals surface area contributed by atoms with Gasteiger partial charge in [-0.3, -0.25) is 9.36 Å². The fourth-order valence-electron chi connectivity index (χ4n) is 3.20. The number of aromatic nitrogens is 3. The van der Waals surface area contributed by atoms with Crippen LogP contribution >= 0.6 is 11.8 Å². The summed E-state index contributed by atoms with van der Waals surface area (Å²) < 4.78 is 1.98. The smallest absolute Gasteiger partial charge is 0.234 e. The number of nitrogens with one attached hydrogen (secondary N) is 1. The zero-order valence-electron chi connectivity index (χ0n) is 16.9. The summed E-state index contributed by atoms with van der Waals surface area (Å²) >= 11 is 1.39. The normalized spacial score (nSPS) is 10.7. The van der Waals surface area contributed by atoms with Crippen LogP contribution < -0.4 is 5.32 Å². The van der Waals surface area contributed by atoms with Crippen molar-refractivity contribution in [2.45, 2.75) is 38.4 Å². The first-order valence-electron chi connectivity index (χ1n) is 9.80.